The molecule has 0 radical (unpaired) electrons. The van der Waals surface area contributed by atoms with Crippen LogP contribution >= 0.6 is 23.2 Å². The summed E-state index contributed by atoms with van der Waals surface area (Å²) in [4.78, 5) is 21.1. The fourth-order valence-corrected chi connectivity index (χ4v) is 3.20. The molecule has 0 aliphatic heterocycles. The number of halogens is 2. The van der Waals surface area contributed by atoms with E-state index in [1.807, 2.05) is 35.9 Å². The predicted molar refractivity (Wildman–Crippen MR) is 119 cm³/mol. The first kappa shape index (κ1) is 20.0. The number of imidazole rings is 1. The molecule has 2 aromatic heterocycles. The van der Waals surface area contributed by atoms with Gasteiger partial charge in [-0.2, -0.15) is 0 Å². The largest absolute Gasteiger partial charge is 0.457 e. The monoisotopic (exact) mass is 441 g/mol. The quantitative estimate of drug-likeness (QED) is 0.405. The summed E-state index contributed by atoms with van der Waals surface area (Å²) in [5.74, 6) is 2.33. The molecule has 0 atom stereocenters. The number of nitrogens with one attached hydrogen (secondary N) is 1. The van der Waals surface area contributed by atoms with E-state index in [2.05, 4.69) is 15.3 Å². The minimum Gasteiger partial charge on any atom is -0.457 e. The molecular formula is C21H17Cl2N5O2. The number of rotatable bonds is 6. The molecule has 9 heteroatoms. The molecule has 2 aromatic carbocycles. The van der Waals surface area contributed by atoms with Crippen LogP contribution in [0.2, 0.25) is 10.0 Å². The smallest absolute Gasteiger partial charge is 0.215 e. The molecule has 2 heterocycles. The summed E-state index contributed by atoms with van der Waals surface area (Å²) < 4.78 is 7.87. The zero-order chi connectivity index (χ0) is 21.3. The lowest BCUT2D eigenvalue weighted by atomic mass is 10.3. The average molecular weight is 442 g/mol. The topological polar surface area (TPSA) is 72.3 Å². The van der Waals surface area contributed by atoms with Crippen LogP contribution in [0.5, 0.6) is 11.5 Å². The normalized spacial score (nSPS) is 10.8. The first-order valence-electron chi connectivity index (χ1n) is 8.95. The Morgan fingerprint density at radius 2 is 1.87 bits per heavy atom. The maximum absolute atomic E-state index is 10.9. The second-order valence-electron chi connectivity index (χ2n) is 6.57. The lowest BCUT2D eigenvalue weighted by Gasteiger charge is -2.11. The molecule has 0 fully saturated rings. The molecule has 0 unspecified atom stereocenters. The Morgan fingerprint density at radius 1 is 1.07 bits per heavy atom. The Balaban J connectivity index is 1.60. The molecule has 1 amide bonds. The molecular weight excluding hydrogens is 425 g/mol. The summed E-state index contributed by atoms with van der Waals surface area (Å²) in [6.45, 7) is 0. The first-order chi connectivity index (χ1) is 14.4. The first-order valence-corrected chi connectivity index (χ1v) is 9.71. The number of carbonyl (C=O) groups excluding carboxylic acids is 1. The zero-order valence-electron chi connectivity index (χ0n) is 16.1. The zero-order valence-corrected chi connectivity index (χ0v) is 17.6. The van der Waals surface area contributed by atoms with Crippen LogP contribution in [0.25, 0.3) is 11.0 Å². The molecule has 0 aliphatic carbocycles. The highest BCUT2D eigenvalue weighted by molar-refractivity contribution is 6.42. The van der Waals surface area contributed by atoms with Crippen molar-refractivity contribution in [3.8, 4) is 11.5 Å². The maximum atomic E-state index is 10.9. The highest BCUT2D eigenvalue weighted by atomic mass is 35.5. The number of nitrogens with zero attached hydrogens (tertiary/aromatic N) is 4. The van der Waals surface area contributed by atoms with E-state index in [9.17, 15) is 4.79 Å². The number of hydrogen-bond acceptors (Lipinski definition) is 5. The molecule has 0 saturated carbocycles. The van der Waals surface area contributed by atoms with Crippen LogP contribution in [-0.4, -0.2) is 28.0 Å². The Labute approximate surface area is 182 Å². The molecule has 0 spiro atoms. The van der Waals surface area contributed by atoms with Crippen molar-refractivity contribution in [2.75, 3.05) is 17.3 Å². The summed E-state index contributed by atoms with van der Waals surface area (Å²) in [5, 5.41) is 4.21. The van der Waals surface area contributed by atoms with E-state index in [1.165, 1.54) is 4.90 Å². The highest BCUT2D eigenvalue weighted by Gasteiger charge is 2.11. The standard InChI is InChI=1S/C21H17Cl2N5O2/c1-27(12-29)20-11-15(7-8-24-20)30-14-4-6-19-18(10-14)26-21(28(19)2)25-13-3-5-16(22)17(23)9-13/h3-12H,1-2H3,(H,25,26). The molecule has 1 N–H and O–H groups in total. The van der Waals surface area contributed by atoms with Crippen LogP contribution < -0.4 is 15.0 Å². The number of hydrogen-bond donors (Lipinski definition) is 1. The van der Waals surface area contributed by atoms with Crippen molar-refractivity contribution in [1.29, 1.82) is 0 Å². The number of ether oxygens (including phenoxy) is 1. The second-order valence-corrected chi connectivity index (χ2v) is 7.38. The Bertz CT molecular complexity index is 1240. The third-order valence-corrected chi connectivity index (χ3v) is 5.24. The molecule has 0 bridgehead atoms. The third kappa shape index (κ3) is 4.03. The van der Waals surface area contributed by atoms with Crippen LogP contribution in [-0.2, 0) is 11.8 Å². The molecule has 152 valence electrons. The van der Waals surface area contributed by atoms with Gasteiger partial charge < -0.3 is 19.5 Å². The van der Waals surface area contributed by atoms with Gasteiger partial charge in [0.15, 0.2) is 0 Å². The van der Waals surface area contributed by atoms with Gasteiger partial charge in [-0.15, -0.1) is 0 Å². The second kappa shape index (κ2) is 8.22. The average Bonchev–Trinajstić information content (AvgIpc) is 3.05. The molecule has 7 nitrogen and oxygen atoms in total. The van der Waals surface area contributed by atoms with Gasteiger partial charge in [0.05, 0.1) is 21.1 Å². The van der Waals surface area contributed by atoms with Crippen LogP contribution in [0, 0.1) is 0 Å². The number of benzene rings is 2. The van der Waals surface area contributed by atoms with E-state index < -0.39 is 0 Å². The summed E-state index contributed by atoms with van der Waals surface area (Å²) in [5.41, 5.74) is 2.47. The SMILES string of the molecule is CN(C=O)c1cc(Oc2ccc3c(c2)nc(Nc2ccc(Cl)c(Cl)c2)n3C)ccn1. The van der Waals surface area contributed by atoms with Crippen molar-refractivity contribution < 1.29 is 9.53 Å². The van der Waals surface area contributed by atoms with Crippen molar-refractivity contribution in [2.45, 2.75) is 0 Å². The number of carbonyl (C=O) groups is 1. The summed E-state index contributed by atoms with van der Waals surface area (Å²) in [6.07, 6.45) is 2.28. The number of fused-ring (bicyclic) bond motifs is 1. The van der Waals surface area contributed by atoms with Crippen LogP contribution in [0.1, 0.15) is 0 Å². The van der Waals surface area contributed by atoms with Gasteiger partial charge in [0.25, 0.3) is 0 Å². The van der Waals surface area contributed by atoms with Gasteiger partial charge in [0.1, 0.15) is 17.3 Å². The number of amides is 1. The number of aromatic nitrogens is 3. The van der Waals surface area contributed by atoms with Gasteiger partial charge in [-0.05, 0) is 36.4 Å². The fourth-order valence-electron chi connectivity index (χ4n) is 2.90. The summed E-state index contributed by atoms with van der Waals surface area (Å²) in [6, 6.07) is 14.4. The van der Waals surface area contributed by atoms with E-state index in [0.29, 0.717) is 39.7 Å². The van der Waals surface area contributed by atoms with E-state index in [4.69, 9.17) is 27.9 Å². The van der Waals surface area contributed by atoms with Crippen molar-refractivity contribution >= 4 is 58.1 Å². The Hall–Kier alpha value is -3.29. The van der Waals surface area contributed by atoms with Crippen molar-refractivity contribution in [3.63, 3.8) is 0 Å². The lowest BCUT2D eigenvalue weighted by molar-refractivity contribution is -0.107. The van der Waals surface area contributed by atoms with Crippen molar-refractivity contribution in [3.05, 3.63) is 64.8 Å². The van der Waals surface area contributed by atoms with Gasteiger partial charge >= 0.3 is 0 Å². The Morgan fingerprint density at radius 3 is 2.63 bits per heavy atom. The van der Waals surface area contributed by atoms with E-state index in [0.717, 1.165) is 16.7 Å². The fraction of sp³-hybridized carbons (Fsp3) is 0.0952. The van der Waals surface area contributed by atoms with E-state index >= 15 is 0 Å². The van der Waals surface area contributed by atoms with Crippen molar-refractivity contribution in [1.82, 2.24) is 14.5 Å². The third-order valence-electron chi connectivity index (χ3n) is 4.50. The molecule has 0 aliphatic rings. The van der Waals surface area contributed by atoms with Gasteiger partial charge in [0, 0.05) is 38.1 Å². The lowest BCUT2D eigenvalue weighted by Crippen LogP contribution is -2.14. The van der Waals surface area contributed by atoms with Gasteiger partial charge in [0.2, 0.25) is 12.4 Å². The van der Waals surface area contributed by atoms with Gasteiger partial charge in [-0.3, -0.25) is 4.79 Å². The van der Waals surface area contributed by atoms with Gasteiger partial charge in [-0.25, -0.2) is 9.97 Å². The maximum Gasteiger partial charge on any atom is 0.215 e. The number of aryl methyl sites for hydroxylation is 1. The molecule has 30 heavy (non-hydrogen) atoms. The van der Waals surface area contributed by atoms with E-state index in [-0.39, 0.29) is 0 Å². The van der Waals surface area contributed by atoms with Crippen LogP contribution in [0.15, 0.2) is 54.7 Å². The van der Waals surface area contributed by atoms with E-state index in [1.54, 1.807) is 37.5 Å². The summed E-state index contributed by atoms with van der Waals surface area (Å²) >= 11 is 12.1. The highest BCUT2D eigenvalue weighted by Crippen LogP contribution is 2.30. The molecule has 4 rings (SSSR count). The predicted octanol–water partition coefficient (Wildman–Crippen LogP) is 5.40. The summed E-state index contributed by atoms with van der Waals surface area (Å²) in [7, 11) is 3.54. The van der Waals surface area contributed by atoms with Crippen LogP contribution in [0.4, 0.5) is 17.5 Å². The minimum atomic E-state index is 0.466. The molecule has 0 saturated heterocycles. The molecule has 4 aromatic rings. The number of anilines is 3. The van der Waals surface area contributed by atoms with Crippen molar-refractivity contribution in [2.24, 2.45) is 7.05 Å². The van der Waals surface area contributed by atoms with Crippen LogP contribution in [0.3, 0.4) is 0 Å². The Kier molecular flexibility index (Phi) is 5.48. The minimum absolute atomic E-state index is 0.466. The van der Waals surface area contributed by atoms with Gasteiger partial charge in [-0.1, -0.05) is 23.2 Å². The number of pyridine rings is 1.